The van der Waals surface area contributed by atoms with E-state index in [0.29, 0.717) is 5.82 Å². The first-order valence-electron chi connectivity index (χ1n) is 4.79. The molecule has 2 aromatic rings. The maximum absolute atomic E-state index is 13.4. The standard InChI is InChI=1S/C9H7FIN5O2/c10-5-1-7(8(16(17)18)2-6(5)11)12-3-9-13-4-14-15-9/h1-2,4,12H,3H2,(H,13,14,15). The van der Waals surface area contributed by atoms with E-state index >= 15 is 0 Å². The van der Waals surface area contributed by atoms with Crippen molar-refractivity contribution < 1.29 is 9.31 Å². The Morgan fingerprint density at radius 3 is 2.94 bits per heavy atom. The van der Waals surface area contributed by atoms with Gasteiger partial charge in [0.05, 0.1) is 15.0 Å². The zero-order valence-electron chi connectivity index (χ0n) is 8.85. The van der Waals surface area contributed by atoms with Gasteiger partial charge in [0.25, 0.3) is 5.69 Å². The summed E-state index contributed by atoms with van der Waals surface area (Å²) < 4.78 is 13.6. The number of nitrogens with zero attached hydrogens (tertiary/aromatic N) is 3. The predicted octanol–water partition coefficient (Wildman–Crippen LogP) is 2.07. The summed E-state index contributed by atoms with van der Waals surface area (Å²) in [4.78, 5) is 14.1. The molecule has 0 atom stereocenters. The molecule has 2 rings (SSSR count). The first-order chi connectivity index (χ1) is 8.58. The second-order valence-electron chi connectivity index (χ2n) is 3.33. The van der Waals surface area contributed by atoms with Gasteiger partial charge >= 0.3 is 0 Å². The smallest absolute Gasteiger partial charge is 0.293 e. The van der Waals surface area contributed by atoms with Crippen molar-refractivity contribution in [2.24, 2.45) is 0 Å². The number of nitrogens with one attached hydrogen (secondary N) is 2. The van der Waals surface area contributed by atoms with Gasteiger partial charge in [0.15, 0.2) is 0 Å². The van der Waals surface area contributed by atoms with E-state index in [-0.39, 0.29) is 21.5 Å². The Balaban J connectivity index is 2.25. The average Bonchev–Trinajstić information content (AvgIpc) is 2.83. The molecule has 2 N–H and O–H groups in total. The Bertz CT molecular complexity index is 575. The molecule has 1 aromatic carbocycles. The Morgan fingerprint density at radius 1 is 1.56 bits per heavy atom. The topological polar surface area (TPSA) is 96.7 Å². The molecule has 1 aromatic heterocycles. The number of hydrogen-bond donors (Lipinski definition) is 2. The van der Waals surface area contributed by atoms with Crippen molar-refractivity contribution >= 4 is 34.0 Å². The SMILES string of the molecule is O=[N+]([O-])c1cc(I)c(F)cc1NCc1ncn[nH]1. The summed E-state index contributed by atoms with van der Waals surface area (Å²) in [6.45, 7) is 0.195. The molecule has 9 heteroatoms. The van der Waals surface area contributed by atoms with Crippen molar-refractivity contribution in [1.29, 1.82) is 0 Å². The average molecular weight is 363 g/mol. The van der Waals surface area contributed by atoms with Crippen LogP contribution in [0.15, 0.2) is 18.5 Å². The van der Waals surface area contributed by atoms with Crippen molar-refractivity contribution in [3.63, 3.8) is 0 Å². The van der Waals surface area contributed by atoms with Crippen molar-refractivity contribution in [3.05, 3.63) is 43.8 Å². The molecule has 0 bridgehead atoms. The second kappa shape index (κ2) is 5.25. The number of nitro benzene ring substituents is 1. The van der Waals surface area contributed by atoms with Crippen LogP contribution in [-0.4, -0.2) is 20.1 Å². The van der Waals surface area contributed by atoms with Crippen LogP contribution in [0.3, 0.4) is 0 Å². The summed E-state index contributed by atoms with van der Waals surface area (Å²) >= 11 is 1.70. The summed E-state index contributed by atoms with van der Waals surface area (Å²) in [6, 6.07) is 2.27. The first kappa shape index (κ1) is 12.7. The molecule has 0 amide bonds. The number of rotatable bonds is 4. The van der Waals surface area contributed by atoms with E-state index in [1.54, 1.807) is 22.6 Å². The molecule has 0 aliphatic heterocycles. The third kappa shape index (κ3) is 2.72. The molecule has 0 aliphatic rings. The maximum atomic E-state index is 13.4. The fourth-order valence-electron chi connectivity index (χ4n) is 1.32. The molecular weight excluding hydrogens is 356 g/mol. The number of benzene rings is 1. The fraction of sp³-hybridized carbons (Fsp3) is 0.111. The van der Waals surface area contributed by atoms with E-state index in [4.69, 9.17) is 0 Å². The molecule has 0 saturated carbocycles. The van der Waals surface area contributed by atoms with Gasteiger partial charge in [-0.05, 0) is 22.6 Å². The molecule has 0 spiro atoms. The molecule has 7 nitrogen and oxygen atoms in total. The monoisotopic (exact) mass is 363 g/mol. The van der Waals surface area contributed by atoms with Crippen molar-refractivity contribution in [3.8, 4) is 0 Å². The van der Waals surface area contributed by atoms with Crippen LogP contribution in [0.4, 0.5) is 15.8 Å². The summed E-state index contributed by atoms with van der Waals surface area (Å²) in [5, 5.41) is 19.8. The van der Waals surface area contributed by atoms with Gasteiger partial charge in [-0.15, -0.1) is 0 Å². The highest BCUT2D eigenvalue weighted by atomic mass is 127. The zero-order valence-corrected chi connectivity index (χ0v) is 11.0. The third-order valence-electron chi connectivity index (χ3n) is 2.15. The summed E-state index contributed by atoms with van der Waals surface area (Å²) in [7, 11) is 0. The van der Waals surface area contributed by atoms with Crippen LogP contribution in [0.25, 0.3) is 0 Å². The summed E-state index contributed by atoms with van der Waals surface area (Å²) in [5.41, 5.74) is -0.0744. The van der Waals surface area contributed by atoms with Crippen LogP contribution in [-0.2, 0) is 6.54 Å². The maximum Gasteiger partial charge on any atom is 0.293 e. The molecule has 94 valence electrons. The van der Waals surface area contributed by atoms with E-state index in [9.17, 15) is 14.5 Å². The molecule has 0 saturated heterocycles. The minimum atomic E-state index is -0.565. The number of aromatic amines is 1. The highest BCUT2D eigenvalue weighted by Gasteiger charge is 2.17. The van der Waals surface area contributed by atoms with Crippen LogP contribution in [0.1, 0.15) is 5.82 Å². The van der Waals surface area contributed by atoms with E-state index < -0.39 is 10.7 Å². The largest absolute Gasteiger partial charge is 0.372 e. The Kier molecular flexibility index (Phi) is 3.69. The van der Waals surface area contributed by atoms with Gasteiger partial charge in [-0.2, -0.15) is 5.10 Å². The summed E-state index contributed by atoms with van der Waals surface area (Å²) in [6.07, 6.45) is 1.32. The lowest BCUT2D eigenvalue weighted by Gasteiger charge is -2.06. The van der Waals surface area contributed by atoms with Crippen LogP contribution >= 0.6 is 22.6 Å². The molecule has 0 radical (unpaired) electrons. The lowest BCUT2D eigenvalue weighted by atomic mass is 10.2. The Hall–Kier alpha value is -1.78. The highest BCUT2D eigenvalue weighted by molar-refractivity contribution is 14.1. The van der Waals surface area contributed by atoms with Crippen LogP contribution in [0.5, 0.6) is 0 Å². The minimum absolute atomic E-state index is 0.106. The highest BCUT2D eigenvalue weighted by Crippen LogP contribution is 2.28. The van der Waals surface area contributed by atoms with Crippen molar-refractivity contribution in [2.45, 2.75) is 6.54 Å². The number of H-pyrrole nitrogens is 1. The van der Waals surface area contributed by atoms with Gasteiger partial charge in [-0.25, -0.2) is 9.37 Å². The molecule has 0 unspecified atom stereocenters. The van der Waals surface area contributed by atoms with Gasteiger partial charge in [0, 0.05) is 12.1 Å². The number of aromatic nitrogens is 3. The van der Waals surface area contributed by atoms with Gasteiger partial charge in [-0.1, -0.05) is 0 Å². The van der Waals surface area contributed by atoms with E-state index in [1.165, 1.54) is 12.4 Å². The van der Waals surface area contributed by atoms with E-state index in [0.717, 1.165) is 6.07 Å². The number of hydrogen-bond acceptors (Lipinski definition) is 5. The molecule has 1 heterocycles. The number of halogens is 2. The Morgan fingerprint density at radius 2 is 2.33 bits per heavy atom. The summed E-state index contributed by atoms with van der Waals surface area (Å²) in [5.74, 6) is -0.00970. The normalized spacial score (nSPS) is 10.3. The van der Waals surface area contributed by atoms with Gasteiger partial charge < -0.3 is 5.32 Å². The third-order valence-corrected chi connectivity index (χ3v) is 2.97. The van der Waals surface area contributed by atoms with Crippen molar-refractivity contribution in [2.75, 3.05) is 5.32 Å². The lowest BCUT2D eigenvalue weighted by Crippen LogP contribution is -2.05. The first-order valence-corrected chi connectivity index (χ1v) is 5.87. The zero-order chi connectivity index (χ0) is 13.1. The molecular formula is C9H7FIN5O2. The quantitative estimate of drug-likeness (QED) is 0.493. The number of anilines is 1. The number of nitro groups is 1. The molecule has 0 aliphatic carbocycles. The van der Waals surface area contributed by atoms with Gasteiger partial charge in [0.2, 0.25) is 0 Å². The van der Waals surface area contributed by atoms with E-state index in [2.05, 4.69) is 20.5 Å². The van der Waals surface area contributed by atoms with Crippen LogP contribution in [0, 0.1) is 19.5 Å². The molecule has 18 heavy (non-hydrogen) atoms. The fourth-order valence-corrected chi connectivity index (χ4v) is 1.77. The van der Waals surface area contributed by atoms with Gasteiger partial charge in [-0.3, -0.25) is 15.2 Å². The lowest BCUT2D eigenvalue weighted by molar-refractivity contribution is -0.384. The van der Waals surface area contributed by atoms with Crippen molar-refractivity contribution in [1.82, 2.24) is 15.2 Å². The van der Waals surface area contributed by atoms with E-state index in [1.807, 2.05) is 0 Å². The predicted molar refractivity (Wildman–Crippen MR) is 69.5 cm³/mol. The minimum Gasteiger partial charge on any atom is -0.372 e. The van der Waals surface area contributed by atoms with Crippen LogP contribution < -0.4 is 5.32 Å². The van der Waals surface area contributed by atoms with Crippen LogP contribution in [0.2, 0.25) is 0 Å². The molecule has 0 fully saturated rings. The van der Waals surface area contributed by atoms with Gasteiger partial charge in [0.1, 0.15) is 23.7 Å². The second-order valence-corrected chi connectivity index (χ2v) is 4.49. The Labute approximate surface area is 114 Å².